The maximum atomic E-state index is 12.4. The molecule has 7 heteroatoms. The predicted molar refractivity (Wildman–Crippen MR) is 101 cm³/mol. The van der Waals surface area contributed by atoms with Crippen molar-refractivity contribution >= 4 is 33.3 Å². The number of amides is 1. The molecule has 1 amide bonds. The Morgan fingerprint density at radius 1 is 1.24 bits per heavy atom. The van der Waals surface area contributed by atoms with E-state index in [9.17, 15) is 4.79 Å². The van der Waals surface area contributed by atoms with Gasteiger partial charge in [-0.2, -0.15) is 0 Å². The lowest BCUT2D eigenvalue weighted by Crippen LogP contribution is -2.47. The zero-order valence-corrected chi connectivity index (χ0v) is 15.5. The predicted octanol–water partition coefficient (Wildman–Crippen LogP) is 2.21. The molecule has 0 spiro atoms. The molecule has 0 bridgehead atoms. The summed E-state index contributed by atoms with van der Waals surface area (Å²) in [6.07, 6.45) is 4.62. The normalized spacial score (nSPS) is 22.0. The highest BCUT2D eigenvalue weighted by atomic mass is 32.1. The maximum Gasteiger partial charge on any atom is 0.224 e. The molecule has 2 aliphatic rings. The zero-order chi connectivity index (χ0) is 17.2. The van der Waals surface area contributed by atoms with Gasteiger partial charge >= 0.3 is 0 Å². The number of rotatable bonds is 4. The SMILES string of the molecule is CC1CCCN1C(=O)CCN1CCN(c2ncnc3sccc23)CC1. The van der Waals surface area contributed by atoms with E-state index in [0.29, 0.717) is 18.4 Å². The van der Waals surface area contributed by atoms with Crippen molar-refractivity contribution in [1.82, 2.24) is 19.8 Å². The Bertz CT molecular complexity index is 740. The fraction of sp³-hybridized carbons (Fsp3) is 0.611. The lowest BCUT2D eigenvalue weighted by molar-refractivity contribution is -0.132. The molecule has 2 saturated heterocycles. The third kappa shape index (κ3) is 3.48. The van der Waals surface area contributed by atoms with Crippen molar-refractivity contribution in [1.29, 1.82) is 0 Å². The van der Waals surface area contributed by atoms with E-state index in [2.05, 4.69) is 43.0 Å². The van der Waals surface area contributed by atoms with Crippen LogP contribution in [0.5, 0.6) is 0 Å². The number of nitrogens with zero attached hydrogens (tertiary/aromatic N) is 5. The minimum atomic E-state index is 0.322. The summed E-state index contributed by atoms with van der Waals surface area (Å²) in [4.78, 5) is 29.1. The molecule has 6 nitrogen and oxygen atoms in total. The van der Waals surface area contributed by atoms with E-state index in [0.717, 1.165) is 68.1 Å². The number of fused-ring (bicyclic) bond motifs is 1. The van der Waals surface area contributed by atoms with Crippen LogP contribution in [0.25, 0.3) is 10.2 Å². The van der Waals surface area contributed by atoms with Crippen LogP contribution in [-0.4, -0.2) is 71.0 Å². The molecule has 25 heavy (non-hydrogen) atoms. The first-order valence-electron chi connectivity index (χ1n) is 9.17. The van der Waals surface area contributed by atoms with Gasteiger partial charge < -0.3 is 9.80 Å². The smallest absolute Gasteiger partial charge is 0.224 e. The standard InChI is InChI=1S/C18H25N5OS/c1-14-3-2-6-23(14)16(24)4-7-21-8-10-22(11-9-21)17-15-5-12-25-18(15)20-13-19-17/h5,12-14H,2-4,6-11H2,1H3. The van der Waals surface area contributed by atoms with Crippen LogP contribution in [0.15, 0.2) is 17.8 Å². The Balaban J connectivity index is 1.30. The zero-order valence-electron chi connectivity index (χ0n) is 14.7. The molecule has 4 heterocycles. The molecular formula is C18H25N5OS. The average Bonchev–Trinajstić information content (AvgIpc) is 3.28. The number of carbonyl (C=O) groups is 1. The van der Waals surface area contributed by atoms with Gasteiger partial charge in [-0.15, -0.1) is 11.3 Å². The van der Waals surface area contributed by atoms with Gasteiger partial charge in [-0.25, -0.2) is 9.97 Å². The topological polar surface area (TPSA) is 52.6 Å². The average molecular weight is 359 g/mol. The molecule has 2 fully saturated rings. The van der Waals surface area contributed by atoms with E-state index in [4.69, 9.17) is 0 Å². The minimum Gasteiger partial charge on any atom is -0.353 e. The number of carbonyl (C=O) groups excluding carboxylic acids is 1. The van der Waals surface area contributed by atoms with E-state index < -0.39 is 0 Å². The van der Waals surface area contributed by atoms with Crippen molar-refractivity contribution in [3.05, 3.63) is 17.8 Å². The van der Waals surface area contributed by atoms with Crippen LogP contribution in [0.2, 0.25) is 0 Å². The first-order valence-corrected chi connectivity index (χ1v) is 10.1. The van der Waals surface area contributed by atoms with Gasteiger partial charge in [0, 0.05) is 51.7 Å². The summed E-state index contributed by atoms with van der Waals surface area (Å²) in [6, 6.07) is 2.53. The van der Waals surface area contributed by atoms with Gasteiger partial charge in [-0.05, 0) is 31.2 Å². The summed E-state index contributed by atoms with van der Waals surface area (Å²) in [6.45, 7) is 7.85. The molecule has 2 aromatic rings. The second-order valence-electron chi connectivity index (χ2n) is 6.99. The largest absolute Gasteiger partial charge is 0.353 e. The van der Waals surface area contributed by atoms with Crippen LogP contribution in [0, 0.1) is 0 Å². The van der Waals surface area contributed by atoms with Crippen molar-refractivity contribution in [3.8, 4) is 0 Å². The van der Waals surface area contributed by atoms with Gasteiger partial charge in [0.25, 0.3) is 0 Å². The summed E-state index contributed by atoms with van der Waals surface area (Å²) >= 11 is 1.66. The Morgan fingerprint density at radius 2 is 2.08 bits per heavy atom. The first-order chi connectivity index (χ1) is 12.2. The van der Waals surface area contributed by atoms with Crippen LogP contribution < -0.4 is 4.90 Å². The van der Waals surface area contributed by atoms with Gasteiger partial charge in [0.1, 0.15) is 17.0 Å². The first kappa shape index (κ1) is 16.7. The molecule has 0 radical (unpaired) electrons. The molecule has 0 N–H and O–H groups in total. The van der Waals surface area contributed by atoms with E-state index in [1.807, 2.05) is 0 Å². The molecule has 4 rings (SSSR count). The highest BCUT2D eigenvalue weighted by Crippen LogP contribution is 2.27. The third-order valence-corrected chi connectivity index (χ3v) is 6.25. The van der Waals surface area contributed by atoms with E-state index >= 15 is 0 Å². The Morgan fingerprint density at radius 3 is 2.84 bits per heavy atom. The van der Waals surface area contributed by atoms with Gasteiger partial charge in [0.05, 0.1) is 5.39 Å². The molecule has 0 saturated carbocycles. The number of hydrogen-bond donors (Lipinski definition) is 0. The highest BCUT2D eigenvalue weighted by Gasteiger charge is 2.26. The molecule has 0 aliphatic carbocycles. The second kappa shape index (κ2) is 7.25. The van der Waals surface area contributed by atoms with Gasteiger partial charge in [0.2, 0.25) is 5.91 Å². The van der Waals surface area contributed by atoms with E-state index in [1.54, 1.807) is 17.7 Å². The molecule has 2 aliphatic heterocycles. The third-order valence-electron chi connectivity index (χ3n) is 5.43. The fourth-order valence-electron chi connectivity index (χ4n) is 3.91. The van der Waals surface area contributed by atoms with Crippen molar-refractivity contribution in [2.45, 2.75) is 32.2 Å². The highest BCUT2D eigenvalue weighted by molar-refractivity contribution is 7.16. The maximum absolute atomic E-state index is 12.4. The summed E-state index contributed by atoms with van der Waals surface area (Å²) in [5, 5.41) is 3.23. The summed E-state index contributed by atoms with van der Waals surface area (Å²) < 4.78 is 0. The van der Waals surface area contributed by atoms with Gasteiger partial charge in [0.15, 0.2) is 0 Å². The molecule has 1 unspecified atom stereocenters. The number of likely N-dealkylation sites (tertiary alicyclic amines) is 1. The Kier molecular flexibility index (Phi) is 4.85. The number of piperazine rings is 1. The second-order valence-corrected chi connectivity index (χ2v) is 7.89. The summed E-state index contributed by atoms with van der Waals surface area (Å²) in [7, 11) is 0. The number of hydrogen-bond acceptors (Lipinski definition) is 6. The number of anilines is 1. The lowest BCUT2D eigenvalue weighted by Gasteiger charge is -2.35. The Labute approximate surface area is 152 Å². The van der Waals surface area contributed by atoms with Crippen LogP contribution >= 0.6 is 11.3 Å². The molecule has 134 valence electrons. The molecular weight excluding hydrogens is 334 g/mol. The molecule has 1 atom stereocenters. The van der Waals surface area contributed by atoms with Gasteiger partial charge in [-0.1, -0.05) is 0 Å². The summed E-state index contributed by atoms with van der Waals surface area (Å²) in [5.74, 6) is 1.37. The number of aromatic nitrogens is 2. The van der Waals surface area contributed by atoms with Crippen LogP contribution in [0.4, 0.5) is 5.82 Å². The van der Waals surface area contributed by atoms with E-state index in [-0.39, 0.29) is 0 Å². The minimum absolute atomic E-state index is 0.322. The van der Waals surface area contributed by atoms with Crippen LogP contribution in [0.1, 0.15) is 26.2 Å². The van der Waals surface area contributed by atoms with Crippen molar-refractivity contribution in [3.63, 3.8) is 0 Å². The van der Waals surface area contributed by atoms with E-state index in [1.165, 1.54) is 0 Å². The van der Waals surface area contributed by atoms with Crippen molar-refractivity contribution in [2.75, 3.05) is 44.2 Å². The fourth-order valence-corrected chi connectivity index (χ4v) is 4.64. The quantitative estimate of drug-likeness (QED) is 0.838. The molecule has 2 aromatic heterocycles. The van der Waals surface area contributed by atoms with Crippen molar-refractivity contribution in [2.24, 2.45) is 0 Å². The Hall–Kier alpha value is -1.73. The van der Waals surface area contributed by atoms with Crippen molar-refractivity contribution < 1.29 is 4.79 Å². The van der Waals surface area contributed by atoms with Crippen LogP contribution in [-0.2, 0) is 4.79 Å². The summed E-state index contributed by atoms with van der Waals surface area (Å²) in [5.41, 5.74) is 0. The monoisotopic (exact) mass is 359 g/mol. The van der Waals surface area contributed by atoms with Gasteiger partial charge in [-0.3, -0.25) is 9.69 Å². The number of thiophene rings is 1. The molecule has 0 aromatic carbocycles. The van der Waals surface area contributed by atoms with Crippen LogP contribution in [0.3, 0.4) is 0 Å². The lowest BCUT2D eigenvalue weighted by atomic mass is 10.2.